The fraction of sp³-hybridized carbons (Fsp3) is 0.533. The summed E-state index contributed by atoms with van der Waals surface area (Å²) in [7, 11) is -3.91. The first-order valence-electron chi connectivity index (χ1n) is 7.69. The van der Waals surface area contributed by atoms with Gasteiger partial charge in [0.2, 0.25) is 15.9 Å². The zero-order valence-electron chi connectivity index (χ0n) is 14.0. The lowest BCUT2D eigenvalue weighted by atomic mass is 10.0. The first-order valence-corrected chi connectivity index (χ1v) is 9.93. The predicted molar refractivity (Wildman–Crippen MR) is 98.1 cm³/mol. The molecular formula is C15H23Cl2N3O4S. The third-order valence-corrected chi connectivity index (χ3v) is 5.41. The fourth-order valence-electron chi connectivity index (χ4n) is 2.01. The molecule has 0 fully saturated rings. The molecular weight excluding hydrogens is 389 g/mol. The van der Waals surface area contributed by atoms with Crippen molar-refractivity contribution in [3.63, 3.8) is 0 Å². The molecule has 0 aliphatic heterocycles. The maximum absolute atomic E-state index is 12.2. The lowest BCUT2D eigenvalue weighted by Crippen LogP contribution is -2.46. The first kappa shape index (κ1) is 22.1. The number of halogens is 2. The molecule has 1 aromatic rings. The van der Waals surface area contributed by atoms with E-state index in [4.69, 9.17) is 28.9 Å². The molecule has 10 heteroatoms. The Morgan fingerprint density at radius 3 is 2.48 bits per heavy atom. The quantitative estimate of drug-likeness (QED) is 0.484. The highest BCUT2D eigenvalue weighted by atomic mass is 35.5. The molecule has 1 rings (SSSR count). The molecule has 1 amide bonds. The van der Waals surface area contributed by atoms with Crippen molar-refractivity contribution in [3.8, 4) is 0 Å². The van der Waals surface area contributed by atoms with Crippen LogP contribution in [0.5, 0.6) is 0 Å². The van der Waals surface area contributed by atoms with Gasteiger partial charge in [0.05, 0.1) is 17.2 Å². The van der Waals surface area contributed by atoms with E-state index in [1.54, 1.807) is 0 Å². The van der Waals surface area contributed by atoms with E-state index in [2.05, 4.69) is 10.0 Å². The van der Waals surface area contributed by atoms with Crippen molar-refractivity contribution in [1.29, 1.82) is 0 Å². The van der Waals surface area contributed by atoms with Crippen molar-refractivity contribution < 1.29 is 18.3 Å². The molecule has 2 atom stereocenters. The summed E-state index contributed by atoms with van der Waals surface area (Å²) in [5.74, 6) is -0.127. The van der Waals surface area contributed by atoms with Crippen molar-refractivity contribution in [3.05, 3.63) is 28.2 Å². The molecule has 0 aromatic heterocycles. The molecule has 0 bridgehead atoms. The lowest BCUT2D eigenvalue weighted by Gasteiger charge is -2.17. The van der Waals surface area contributed by atoms with Crippen LogP contribution >= 0.6 is 23.2 Å². The number of hydrogen-bond acceptors (Lipinski definition) is 5. The number of hydrogen-bond donors (Lipinski definition) is 4. The molecule has 0 heterocycles. The highest BCUT2D eigenvalue weighted by Crippen LogP contribution is 2.24. The monoisotopic (exact) mass is 411 g/mol. The van der Waals surface area contributed by atoms with Crippen LogP contribution in [0, 0.1) is 5.92 Å². The topological polar surface area (TPSA) is 122 Å². The summed E-state index contributed by atoms with van der Waals surface area (Å²) in [5, 5.41) is 12.6. The van der Waals surface area contributed by atoms with E-state index in [1.807, 2.05) is 13.8 Å². The number of benzene rings is 1. The minimum atomic E-state index is -3.91. The Kier molecular flexibility index (Phi) is 8.59. The van der Waals surface area contributed by atoms with Crippen LogP contribution in [0.3, 0.4) is 0 Å². The van der Waals surface area contributed by atoms with Crippen LogP contribution in [0.4, 0.5) is 0 Å². The summed E-state index contributed by atoms with van der Waals surface area (Å²) in [6.45, 7) is 3.47. The predicted octanol–water partition coefficient (Wildman–Crippen LogP) is 1.12. The zero-order valence-corrected chi connectivity index (χ0v) is 16.3. The molecule has 1 aromatic carbocycles. The standard InChI is InChI=1S/C15H23Cl2N3O4S/c1-9(2)5-13(18)15(22)19-7-11(21)8-20-25(23,24)14-4-3-10(16)6-12(14)17/h3-4,6,9,11,13,20-21H,5,7-8,18H2,1-2H3,(H,19,22)/t11-,13+/m1/s1. The largest absolute Gasteiger partial charge is 0.390 e. The Hall–Kier alpha value is -0.900. The molecule has 0 saturated carbocycles. The Morgan fingerprint density at radius 2 is 1.92 bits per heavy atom. The molecule has 0 radical (unpaired) electrons. The third kappa shape index (κ3) is 7.47. The highest BCUT2D eigenvalue weighted by molar-refractivity contribution is 7.89. The fourth-order valence-corrected chi connectivity index (χ4v) is 3.86. The van der Waals surface area contributed by atoms with Gasteiger partial charge in [0, 0.05) is 18.1 Å². The Bertz CT molecular complexity index is 698. The van der Waals surface area contributed by atoms with Gasteiger partial charge < -0.3 is 16.2 Å². The summed E-state index contributed by atoms with van der Waals surface area (Å²) < 4.78 is 26.6. The summed E-state index contributed by atoms with van der Waals surface area (Å²) >= 11 is 11.6. The van der Waals surface area contributed by atoms with E-state index in [0.717, 1.165) is 0 Å². The van der Waals surface area contributed by atoms with E-state index in [-0.39, 0.29) is 28.9 Å². The van der Waals surface area contributed by atoms with Gasteiger partial charge in [0.15, 0.2) is 0 Å². The summed E-state index contributed by atoms with van der Waals surface area (Å²) in [4.78, 5) is 11.6. The van der Waals surface area contributed by atoms with Gasteiger partial charge in [-0.3, -0.25) is 4.79 Å². The molecule has 0 saturated heterocycles. The molecule has 0 aliphatic rings. The Balaban J connectivity index is 2.52. The number of amides is 1. The summed E-state index contributed by atoms with van der Waals surface area (Å²) in [6.07, 6.45) is -0.597. The van der Waals surface area contributed by atoms with Crippen molar-refractivity contribution >= 4 is 39.1 Å². The van der Waals surface area contributed by atoms with Gasteiger partial charge in [-0.15, -0.1) is 0 Å². The number of aliphatic hydroxyl groups is 1. The lowest BCUT2D eigenvalue weighted by molar-refractivity contribution is -0.123. The molecule has 0 aliphatic carbocycles. The van der Waals surface area contributed by atoms with Crippen molar-refractivity contribution in [2.45, 2.75) is 37.3 Å². The summed E-state index contributed by atoms with van der Waals surface area (Å²) in [6, 6.07) is 3.31. The van der Waals surface area contributed by atoms with Gasteiger partial charge >= 0.3 is 0 Å². The van der Waals surface area contributed by atoms with E-state index in [1.165, 1.54) is 18.2 Å². The van der Waals surface area contributed by atoms with Gasteiger partial charge in [-0.1, -0.05) is 37.0 Å². The third-order valence-electron chi connectivity index (χ3n) is 3.27. The molecule has 0 spiro atoms. The SMILES string of the molecule is CC(C)C[C@H](N)C(=O)NC[C@@H](O)CNS(=O)(=O)c1ccc(Cl)cc1Cl. The number of aliphatic hydroxyl groups excluding tert-OH is 1. The van der Waals surface area contributed by atoms with E-state index < -0.39 is 28.1 Å². The van der Waals surface area contributed by atoms with Gasteiger partial charge in [0.1, 0.15) is 4.90 Å². The first-order chi connectivity index (χ1) is 11.5. The zero-order chi connectivity index (χ0) is 19.2. The average molecular weight is 412 g/mol. The van der Waals surface area contributed by atoms with Crippen LogP contribution in [0.15, 0.2) is 23.1 Å². The Labute approximate surface area is 157 Å². The van der Waals surface area contributed by atoms with E-state index in [0.29, 0.717) is 11.4 Å². The number of sulfonamides is 1. The minimum absolute atomic E-state index is 0.0255. The second-order valence-electron chi connectivity index (χ2n) is 6.06. The van der Waals surface area contributed by atoms with Crippen LogP contribution in [-0.2, 0) is 14.8 Å². The number of rotatable bonds is 9. The van der Waals surface area contributed by atoms with E-state index >= 15 is 0 Å². The smallest absolute Gasteiger partial charge is 0.242 e. The van der Waals surface area contributed by atoms with Crippen LogP contribution in [0.1, 0.15) is 20.3 Å². The Morgan fingerprint density at radius 1 is 1.28 bits per heavy atom. The second kappa shape index (κ2) is 9.70. The van der Waals surface area contributed by atoms with Crippen molar-refractivity contribution in [2.24, 2.45) is 11.7 Å². The number of carbonyl (C=O) groups is 1. The minimum Gasteiger partial charge on any atom is -0.390 e. The van der Waals surface area contributed by atoms with Gasteiger partial charge in [-0.05, 0) is 30.5 Å². The molecule has 5 N–H and O–H groups in total. The number of nitrogens with one attached hydrogen (secondary N) is 2. The number of nitrogens with two attached hydrogens (primary N) is 1. The summed E-state index contributed by atoms with van der Waals surface area (Å²) in [5.41, 5.74) is 5.72. The van der Waals surface area contributed by atoms with Crippen molar-refractivity contribution in [2.75, 3.05) is 13.1 Å². The van der Waals surface area contributed by atoms with Gasteiger partial charge in [-0.25, -0.2) is 13.1 Å². The molecule has 0 unspecified atom stereocenters. The van der Waals surface area contributed by atoms with Gasteiger partial charge in [0.25, 0.3) is 0 Å². The van der Waals surface area contributed by atoms with Crippen LogP contribution in [-0.4, -0.2) is 44.7 Å². The maximum atomic E-state index is 12.2. The van der Waals surface area contributed by atoms with Crippen LogP contribution in [0.25, 0.3) is 0 Å². The van der Waals surface area contributed by atoms with Crippen LogP contribution in [0.2, 0.25) is 10.0 Å². The second-order valence-corrected chi connectivity index (χ2v) is 8.64. The highest BCUT2D eigenvalue weighted by Gasteiger charge is 2.20. The maximum Gasteiger partial charge on any atom is 0.242 e. The molecule has 25 heavy (non-hydrogen) atoms. The van der Waals surface area contributed by atoms with E-state index in [9.17, 15) is 18.3 Å². The molecule has 142 valence electrons. The molecule has 7 nitrogen and oxygen atoms in total. The number of carbonyl (C=O) groups excluding carboxylic acids is 1. The van der Waals surface area contributed by atoms with Crippen molar-refractivity contribution in [1.82, 2.24) is 10.0 Å². The average Bonchev–Trinajstić information content (AvgIpc) is 2.49. The normalized spacial score (nSPS) is 14.4. The van der Waals surface area contributed by atoms with Gasteiger partial charge in [-0.2, -0.15) is 0 Å². The van der Waals surface area contributed by atoms with Crippen LogP contribution < -0.4 is 15.8 Å².